The second-order valence-corrected chi connectivity index (χ2v) is 5.99. The Kier molecular flexibility index (Phi) is 6.49. The fourth-order valence-electron chi connectivity index (χ4n) is 2.88. The number of benzene rings is 1. The van der Waals surface area contributed by atoms with Gasteiger partial charge in [0.15, 0.2) is 0 Å². The van der Waals surface area contributed by atoms with Crippen molar-refractivity contribution in [3.8, 4) is 5.75 Å². The van der Waals surface area contributed by atoms with Gasteiger partial charge in [-0.3, -0.25) is 0 Å². The summed E-state index contributed by atoms with van der Waals surface area (Å²) in [6.45, 7) is 0.771. The molecule has 0 bridgehead atoms. The van der Waals surface area contributed by atoms with Crippen LogP contribution in [0.1, 0.15) is 50.2 Å². The van der Waals surface area contributed by atoms with Crippen LogP contribution < -0.4 is 10.5 Å². The van der Waals surface area contributed by atoms with Crippen LogP contribution in [0.25, 0.3) is 0 Å². The third-order valence-electron chi connectivity index (χ3n) is 4.27. The van der Waals surface area contributed by atoms with Crippen LogP contribution in [0.3, 0.4) is 0 Å². The summed E-state index contributed by atoms with van der Waals surface area (Å²) in [6.07, 6.45) is 5.87. The van der Waals surface area contributed by atoms with Gasteiger partial charge in [-0.15, -0.1) is 0 Å². The fourth-order valence-corrected chi connectivity index (χ4v) is 2.88. The van der Waals surface area contributed by atoms with Crippen LogP contribution in [0.2, 0.25) is 0 Å². The molecule has 2 rings (SSSR count). The van der Waals surface area contributed by atoms with E-state index in [1.165, 1.54) is 38.5 Å². The average Bonchev–Trinajstić information content (AvgIpc) is 2.80. The summed E-state index contributed by atoms with van der Waals surface area (Å²) in [5, 5.41) is 19.6. The Balaban J connectivity index is 1.91. The summed E-state index contributed by atoms with van der Waals surface area (Å²) < 4.78 is 5.88. The number of rotatable bonds is 6. The van der Waals surface area contributed by atoms with Crippen LogP contribution in [-0.2, 0) is 0 Å². The third-order valence-corrected chi connectivity index (χ3v) is 4.27. The van der Waals surface area contributed by atoms with Gasteiger partial charge in [0, 0.05) is 6.54 Å². The normalized spacial score (nSPS) is 19.8. The Morgan fingerprint density at radius 3 is 2.52 bits per heavy atom. The van der Waals surface area contributed by atoms with E-state index in [0.717, 1.165) is 12.4 Å². The van der Waals surface area contributed by atoms with E-state index in [0.29, 0.717) is 11.5 Å². The molecule has 1 aromatic carbocycles. The number of hydrogen-bond donors (Lipinski definition) is 3. The molecule has 4 N–H and O–H groups in total. The molecule has 0 spiro atoms. The maximum atomic E-state index is 9.98. The number of ether oxygens (including phenoxy) is 1. The lowest BCUT2D eigenvalue weighted by atomic mass is 10.0. The van der Waals surface area contributed by atoms with Crippen molar-refractivity contribution in [2.24, 2.45) is 11.7 Å². The Bertz CT molecular complexity index is 416. The summed E-state index contributed by atoms with van der Waals surface area (Å²) >= 11 is 0. The zero-order chi connectivity index (χ0) is 15.1. The van der Waals surface area contributed by atoms with Crippen molar-refractivity contribution in [1.82, 2.24) is 0 Å². The van der Waals surface area contributed by atoms with Gasteiger partial charge in [0.2, 0.25) is 0 Å². The Morgan fingerprint density at radius 2 is 1.86 bits per heavy atom. The second-order valence-electron chi connectivity index (χ2n) is 5.99. The second kappa shape index (κ2) is 8.37. The lowest BCUT2D eigenvalue weighted by Gasteiger charge is -2.18. The van der Waals surface area contributed by atoms with E-state index < -0.39 is 12.2 Å². The van der Waals surface area contributed by atoms with Gasteiger partial charge in [-0.1, -0.05) is 37.8 Å². The van der Waals surface area contributed by atoms with Crippen LogP contribution in [-0.4, -0.2) is 29.5 Å². The van der Waals surface area contributed by atoms with Crippen molar-refractivity contribution < 1.29 is 14.9 Å². The van der Waals surface area contributed by atoms with Gasteiger partial charge in [-0.25, -0.2) is 0 Å². The summed E-state index contributed by atoms with van der Waals surface area (Å²) in [4.78, 5) is 0. The summed E-state index contributed by atoms with van der Waals surface area (Å²) in [5.74, 6) is 1.38. The molecule has 4 nitrogen and oxygen atoms in total. The molecule has 21 heavy (non-hydrogen) atoms. The van der Waals surface area contributed by atoms with Crippen LogP contribution in [0.15, 0.2) is 24.3 Å². The molecule has 0 radical (unpaired) electrons. The minimum absolute atomic E-state index is 0.0360. The third kappa shape index (κ3) is 4.99. The molecule has 0 heterocycles. The summed E-state index contributed by atoms with van der Waals surface area (Å²) in [7, 11) is 0. The molecule has 0 amide bonds. The van der Waals surface area contributed by atoms with Crippen molar-refractivity contribution in [3.05, 3.63) is 29.8 Å². The van der Waals surface area contributed by atoms with E-state index >= 15 is 0 Å². The SMILES string of the molecule is NC[C@@H](O)[C@@H](O)c1cccc(OCC2CCCCCC2)c1. The first-order chi connectivity index (χ1) is 10.2. The topological polar surface area (TPSA) is 75.7 Å². The molecule has 1 saturated carbocycles. The first-order valence-corrected chi connectivity index (χ1v) is 7.99. The van der Waals surface area contributed by atoms with Crippen molar-refractivity contribution >= 4 is 0 Å². The highest BCUT2D eigenvalue weighted by molar-refractivity contribution is 5.30. The van der Waals surface area contributed by atoms with Crippen LogP contribution in [0.4, 0.5) is 0 Å². The minimum Gasteiger partial charge on any atom is -0.493 e. The molecule has 118 valence electrons. The first kappa shape index (κ1) is 16.3. The molecular formula is C17H27NO3. The zero-order valence-electron chi connectivity index (χ0n) is 12.6. The highest BCUT2D eigenvalue weighted by atomic mass is 16.5. The van der Waals surface area contributed by atoms with Gasteiger partial charge in [0.1, 0.15) is 11.9 Å². The number of aliphatic hydroxyl groups is 2. The maximum Gasteiger partial charge on any atom is 0.119 e. The van der Waals surface area contributed by atoms with Crippen LogP contribution in [0, 0.1) is 5.92 Å². The molecule has 1 aliphatic carbocycles. The monoisotopic (exact) mass is 293 g/mol. The summed E-state index contributed by atoms with van der Waals surface area (Å²) in [6, 6.07) is 7.30. The molecule has 0 aromatic heterocycles. The minimum atomic E-state index is -0.962. The number of nitrogens with two attached hydrogens (primary N) is 1. The smallest absolute Gasteiger partial charge is 0.119 e. The molecule has 1 fully saturated rings. The number of hydrogen-bond acceptors (Lipinski definition) is 4. The summed E-state index contributed by atoms with van der Waals surface area (Å²) in [5.41, 5.74) is 6.02. The van der Waals surface area contributed by atoms with E-state index in [2.05, 4.69) is 0 Å². The molecule has 4 heteroatoms. The van der Waals surface area contributed by atoms with Gasteiger partial charge < -0.3 is 20.7 Å². The number of aliphatic hydroxyl groups excluding tert-OH is 2. The lowest BCUT2D eigenvalue weighted by Crippen LogP contribution is -2.27. The van der Waals surface area contributed by atoms with Gasteiger partial charge in [0.05, 0.1) is 12.7 Å². The van der Waals surface area contributed by atoms with E-state index in [-0.39, 0.29) is 6.54 Å². The molecule has 1 aromatic rings. The zero-order valence-corrected chi connectivity index (χ0v) is 12.6. The highest BCUT2D eigenvalue weighted by Gasteiger charge is 2.17. The van der Waals surface area contributed by atoms with Gasteiger partial charge >= 0.3 is 0 Å². The van der Waals surface area contributed by atoms with Crippen LogP contribution >= 0.6 is 0 Å². The molecule has 2 atom stereocenters. The van der Waals surface area contributed by atoms with Gasteiger partial charge in [-0.05, 0) is 36.5 Å². The molecule has 0 aliphatic heterocycles. The Hall–Kier alpha value is -1.10. The quantitative estimate of drug-likeness (QED) is 0.704. The van der Waals surface area contributed by atoms with E-state index in [1.807, 2.05) is 12.1 Å². The lowest BCUT2D eigenvalue weighted by molar-refractivity contribution is 0.0242. The molecule has 0 unspecified atom stereocenters. The van der Waals surface area contributed by atoms with E-state index in [4.69, 9.17) is 10.5 Å². The molecule has 0 saturated heterocycles. The molecular weight excluding hydrogens is 266 g/mol. The van der Waals surface area contributed by atoms with Gasteiger partial charge in [0.25, 0.3) is 0 Å². The molecule has 1 aliphatic rings. The van der Waals surface area contributed by atoms with E-state index in [1.54, 1.807) is 12.1 Å². The van der Waals surface area contributed by atoms with Crippen molar-refractivity contribution in [2.45, 2.75) is 50.7 Å². The van der Waals surface area contributed by atoms with Crippen molar-refractivity contribution in [1.29, 1.82) is 0 Å². The predicted molar refractivity (Wildman–Crippen MR) is 83.2 cm³/mol. The standard InChI is InChI=1S/C17H27NO3/c18-11-16(19)17(20)14-8-5-9-15(10-14)21-12-13-6-3-1-2-4-7-13/h5,8-10,13,16-17,19-20H,1-4,6-7,11-12,18H2/t16-,17+/m1/s1. The van der Waals surface area contributed by atoms with Crippen molar-refractivity contribution in [3.63, 3.8) is 0 Å². The maximum absolute atomic E-state index is 9.98. The van der Waals surface area contributed by atoms with E-state index in [9.17, 15) is 10.2 Å². The largest absolute Gasteiger partial charge is 0.493 e. The van der Waals surface area contributed by atoms with Gasteiger partial charge in [-0.2, -0.15) is 0 Å². The fraction of sp³-hybridized carbons (Fsp3) is 0.647. The predicted octanol–water partition coefficient (Wildman–Crippen LogP) is 2.39. The van der Waals surface area contributed by atoms with Crippen molar-refractivity contribution in [2.75, 3.05) is 13.2 Å². The highest BCUT2D eigenvalue weighted by Crippen LogP contribution is 2.25. The Labute approximate surface area is 126 Å². The first-order valence-electron chi connectivity index (χ1n) is 7.99. The Morgan fingerprint density at radius 1 is 1.14 bits per heavy atom. The average molecular weight is 293 g/mol. The van der Waals surface area contributed by atoms with Crippen LogP contribution in [0.5, 0.6) is 5.75 Å².